The van der Waals surface area contributed by atoms with E-state index in [0.29, 0.717) is 11.6 Å². The Bertz CT molecular complexity index is 460. The molecule has 0 amide bonds. The van der Waals surface area contributed by atoms with Crippen LogP contribution in [0, 0.1) is 6.92 Å². The Morgan fingerprint density at radius 3 is 2.72 bits per heavy atom. The van der Waals surface area contributed by atoms with Crippen molar-refractivity contribution in [2.45, 2.75) is 13.8 Å². The van der Waals surface area contributed by atoms with Crippen LogP contribution in [0.1, 0.15) is 18.1 Å². The van der Waals surface area contributed by atoms with E-state index < -0.39 is 0 Å². The molecule has 18 heavy (non-hydrogen) atoms. The normalized spacial score (nSPS) is 9.94. The molecule has 0 unspecified atom stereocenters. The van der Waals surface area contributed by atoms with Crippen LogP contribution < -0.4 is 10.6 Å². The quantitative estimate of drug-likeness (QED) is 0.648. The fraction of sp³-hybridized carbons (Fsp3) is 0.385. The molecular formula is C13H18N2O2S. The van der Waals surface area contributed by atoms with Crippen molar-refractivity contribution in [3.8, 4) is 0 Å². The maximum absolute atomic E-state index is 11.4. The Morgan fingerprint density at radius 2 is 2.17 bits per heavy atom. The van der Waals surface area contributed by atoms with E-state index in [9.17, 15) is 4.79 Å². The Balaban J connectivity index is 2.94. The molecule has 0 fully saturated rings. The maximum Gasteiger partial charge on any atom is 0.325 e. The molecule has 0 atom stereocenters. The number of hydrogen-bond donors (Lipinski definition) is 1. The lowest BCUT2D eigenvalue weighted by Gasteiger charge is -2.21. The van der Waals surface area contributed by atoms with Crippen LogP contribution in [-0.4, -0.2) is 31.2 Å². The highest BCUT2D eigenvalue weighted by Gasteiger charge is 2.13. The molecule has 2 N–H and O–H groups in total. The molecule has 0 saturated carbocycles. The number of carbonyl (C=O) groups excluding carboxylic acids is 1. The van der Waals surface area contributed by atoms with Gasteiger partial charge in [0.15, 0.2) is 0 Å². The number of nitrogens with two attached hydrogens (primary N) is 1. The number of hydrogen-bond acceptors (Lipinski definition) is 4. The first-order valence-electron chi connectivity index (χ1n) is 5.73. The molecule has 4 nitrogen and oxygen atoms in total. The van der Waals surface area contributed by atoms with Gasteiger partial charge in [0.2, 0.25) is 0 Å². The number of carbonyl (C=O) groups is 1. The van der Waals surface area contributed by atoms with Crippen molar-refractivity contribution in [3.05, 3.63) is 29.3 Å². The van der Waals surface area contributed by atoms with Gasteiger partial charge in [-0.3, -0.25) is 4.79 Å². The molecule has 0 radical (unpaired) electrons. The summed E-state index contributed by atoms with van der Waals surface area (Å²) in [5.41, 5.74) is 8.38. The van der Waals surface area contributed by atoms with E-state index in [-0.39, 0.29) is 12.5 Å². The summed E-state index contributed by atoms with van der Waals surface area (Å²) in [4.78, 5) is 13.6. The highest BCUT2D eigenvalue weighted by Crippen LogP contribution is 2.20. The second-order valence-corrected chi connectivity index (χ2v) is 4.49. The maximum atomic E-state index is 11.4. The summed E-state index contributed by atoms with van der Waals surface area (Å²) in [7, 11) is 1.81. The highest BCUT2D eigenvalue weighted by atomic mass is 32.1. The zero-order valence-corrected chi connectivity index (χ0v) is 11.7. The average Bonchev–Trinajstić information content (AvgIpc) is 2.28. The molecule has 1 aromatic rings. The van der Waals surface area contributed by atoms with Gasteiger partial charge in [0, 0.05) is 18.3 Å². The van der Waals surface area contributed by atoms with Crippen LogP contribution >= 0.6 is 12.2 Å². The van der Waals surface area contributed by atoms with E-state index in [4.69, 9.17) is 22.7 Å². The van der Waals surface area contributed by atoms with E-state index in [2.05, 4.69) is 0 Å². The minimum absolute atomic E-state index is 0.173. The van der Waals surface area contributed by atoms with Gasteiger partial charge >= 0.3 is 5.97 Å². The fourth-order valence-corrected chi connectivity index (χ4v) is 1.83. The molecule has 5 heteroatoms. The number of anilines is 1. The van der Waals surface area contributed by atoms with Gasteiger partial charge in [-0.25, -0.2) is 0 Å². The predicted octanol–water partition coefficient (Wildman–Crippen LogP) is 1.63. The van der Waals surface area contributed by atoms with Crippen LogP contribution in [0.2, 0.25) is 0 Å². The third-order valence-corrected chi connectivity index (χ3v) is 2.72. The van der Waals surface area contributed by atoms with Crippen molar-refractivity contribution >= 4 is 28.9 Å². The molecule has 0 aliphatic carbocycles. The van der Waals surface area contributed by atoms with Crippen molar-refractivity contribution in [1.82, 2.24) is 0 Å². The van der Waals surface area contributed by atoms with E-state index >= 15 is 0 Å². The average molecular weight is 266 g/mol. The van der Waals surface area contributed by atoms with Crippen molar-refractivity contribution < 1.29 is 9.53 Å². The minimum Gasteiger partial charge on any atom is -0.465 e. The molecule has 0 bridgehead atoms. The van der Waals surface area contributed by atoms with E-state index in [0.717, 1.165) is 16.8 Å². The number of thiocarbonyl (C=S) groups is 1. The van der Waals surface area contributed by atoms with Gasteiger partial charge in [-0.1, -0.05) is 23.8 Å². The Hall–Kier alpha value is -1.62. The summed E-state index contributed by atoms with van der Waals surface area (Å²) in [5, 5.41) is 0. The smallest absolute Gasteiger partial charge is 0.325 e. The van der Waals surface area contributed by atoms with Gasteiger partial charge in [0.1, 0.15) is 11.5 Å². The molecule has 0 aliphatic rings. The van der Waals surface area contributed by atoms with Gasteiger partial charge in [-0.05, 0) is 26.0 Å². The number of likely N-dealkylation sites (N-methyl/N-ethyl adjacent to an activating group) is 1. The van der Waals surface area contributed by atoms with Crippen LogP contribution in [0.3, 0.4) is 0 Å². The lowest BCUT2D eigenvalue weighted by Crippen LogP contribution is -2.29. The molecule has 0 aliphatic heterocycles. The molecule has 0 aromatic heterocycles. The first-order chi connectivity index (χ1) is 8.45. The lowest BCUT2D eigenvalue weighted by atomic mass is 10.1. The molecule has 0 saturated heterocycles. The first-order valence-corrected chi connectivity index (χ1v) is 6.13. The lowest BCUT2D eigenvalue weighted by molar-refractivity contribution is -0.141. The summed E-state index contributed by atoms with van der Waals surface area (Å²) in [6.07, 6.45) is 0. The van der Waals surface area contributed by atoms with E-state index in [1.54, 1.807) is 11.8 Å². The van der Waals surface area contributed by atoms with Crippen LogP contribution in [0.4, 0.5) is 5.69 Å². The van der Waals surface area contributed by atoms with E-state index in [1.165, 1.54) is 0 Å². The second-order valence-electron chi connectivity index (χ2n) is 4.05. The Labute approximate surface area is 113 Å². The van der Waals surface area contributed by atoms with Crippen LogP contribution in [0.15, 0.2) is 18.2 Å². The number of aryl methyl sites for hydroxylation is 1. The van der Waals surface area contributed by atoms with E-state index in [1.807, 2.05) is 32.2 Å². The summed E-state index contributed by atoms with van der Waals surface area (Å²) in [6.45, 7) is 4.30. The Morgan fingerprint density at radius 1 is 1.50 bits per heavy atom. The molecule has 98 valence electrons. The predicted molar refractivity (Wildman–Crippen MR) is 77.0 cm³/mol. The molecular weight excluding hydrogens is 248 g/mol. The third kappa shape index (κ3) is 3.70. The van der Waals surface area contributed by atoms with Gasteiger partial charge in [0.05, 0.1) is 6.61 Å². The van der Waals surface area contributed by atoms with Crippen molar-refractivity contribution in [1.29, 1.82) is 0 Å². The number of benzene rings is 1. The molecule has 0 heterocycles. The zero-order valence-electron chi connectivity index (χ0n) is 10.9. The Kier molecular flexibility index (Phi) is 5.09. The van der Waals surface area contributed by atoms with Crippen LogP contribution in [0.25, 0.3) is 0 Å². The number of ether oxygens (including phenoxy) is 1. The van der Waals surface area contributed by atoms with Gasteiger partial charge in [-0.15, -0.1) is 0 Å². The van der Waals surface area contributed by atoms with Crippen molar-refractivity contribution in [3.63, 3.8) is 0 Å². The fourth-order valence-electron chi connectivity index (χ4n) is 1.67. The van der Waals surface area contributed by atoms with Crippen molar-refractivity contribution in [2.75, 3.05) is 25.1 Å². The van der Waals surface area contributed by atoms with Crippen LogP contribution in [0.5, 0.6) is 0 Å². The summed E-state index contributed by atoms with van der Waals surface area (Å²) < 4.78 is 4.91. The molecule has 0 spiro atoms. The van der Waals surface area contributed by atoms with Gasteiger partial charge in [-0.2, -0.15) is 0 Å². The highest BCUT2D eigenvalue weighted by molar-refractivity contribution is 7.80. The third-order valence-electron chi connectivity index (χ3n) is 2.50. The van der Waals surface area contributed by atoms with Gasteiger partial charge < -0.3 is 15.4 Å². The summed E-state index contributed by atoms with van der Waals surface area (Å²) in [6, 6.07) is 5.78. The largest absolute Gasteiger partial charge is 0.465 e. The zero-order chi connectivity index (χ0) is 13.7. The monoisotopic (exact) mass is 266 g/mol. The number of esters is 1. The number of nitrogens with zero attached hydrogens (tertiary/aromatic N) is 1. The van der Waals surface area contributed by atoms with Gasteiger partial charge in [0.25, 0.3) is 0 Å². The summed E-state index contributed by atoms with van der Waals surface area (Å²) >= 11 is 5.03. The standard InChI is InChI=1S/C13H18N2O2S/c1-4-17-12(16)8-15(3)11-6-5-9(2)7-10(11)13(14)18/h5-7H,4,8H2,1-3H3,(H2,14,18). The molecule has 1 aromatic carbocycles. The minimum atomic E-state index is -0.269. The summed E-state index contributed by atoms with van der Waals surface area (Å²) in [5.74, 6) is -0.269. The SMILES string of the molecule is CCOC(=O)CN(C)c1ccc(C)cc1C(N)=S. The molecule has 1 rings (SSSR count). The number of rotatable bonds is 5. The topological polar surface area (TPSA) is 55.6 Å². The van der Waals surface area contributed by atoms with Crippen molar-refractivity contribution in [2.24, 2.45) is 5.73 Å². The second kappa shape index (κ2) is 6.35. The van der Waals surface area contributed by atoms with Crippen LogP contribution in [-0.2, 0) is 9.53 Å². The first kappa shape index (κ1) is 14.4.